The van der Waals surface area contributed by atoms with Crippen molar-refractivity contribution < 1.29 is 14.7 Å². The maximum Gasteiger partial charge on any atom is 0.307 e. The van der Waals surface area contributed by atoms with E-state index in [1.165, 1.54) is 0 Å². The molecule has 0 heterocycles. The molecule has 0 bridgehead atoms. The van der Waals surface area contributed by atoms with Crippen LogP contribution < -0.4 is 0 Å². The summed E-state index contributed by atoms with van der Waals surface area (Å²) < 4.78 is 0. The van der Waals surface area contributed by atoms with Crippen LogP contribution in [0.4, 0.5) is 0 Å². The van der Waals surface area contributed by atoms with Gasteiger partial charge in [-0.25, -0.2) is 0 Å². The smallest absolute Gasteiger partial charge is 0.307 e. The molecule has 1 N–H and O–H groups in total. The van der Waals surface area contributed by atoms with Crippen molar-refractivity contribution in [3.8, 4) is 0 Å². The van der Waals surface area contributed by atoms with Gasteiger partial charge >= 0.3 is 5.97 Å². The van der Waals surface area contributed by atoms with Gasteiger partial charge in [-0.1, -0.05) is 13.8 Å². The fourth-order valence-corrected chi connectivity index (χ4v) is 1.52. The number of carboxylic acids is 1. The van der Waals surface area contributed by atoms with E-state index in [9.17, 15) is 9.59 Å². The lowest BCUT2D eigenvalue weighted by molar-refractivity contribution is -0.140. The van der Waals surface area contributed by atoms with Crippen molar-refractivity contribution in [2.24, 2.45) is 17.3 Å². The molecule has 11 heavy (non-hydrogen) atoms. The SMILES string of the molecule is CC(C)C1(C=O)CC1C(=O)O. The summed E-state index contributed by atoms with van der Waals surface area (Å²) in [6, 6.07) is 0. The van der Waals surface area contributed by atoms with Crippen molar-refractivity contribution in [3.63, 3.8) is 0 Å². The van der Waals surface area contributed by atoms with Crippen LogP contribution >= 0.6 is 0 Å². The van der Waals surface area contributed by atoms with Gasteiger partial charge in [0.15, 0.2) is 0 Å². The van der Waals surface area contributed by atoms with Gasteiger partial charge in [-0.05, 0) is 12.3 Å². The summed E-state index contributed by atoms with van der Waals surface area (Å²) in [5.74, 6) is -1.13. The topological polar surface area (TPSA) is 54.4 Å². The fourth-order valence-electron chi connectivity index (χ4n) is 1.52. The van der Waals surface area contributed by atoms with Gasteiger partial charge in [0, 0.05) is 5.41 Å². The predicted octanol–water partition coefficient (Wildman–Crippen LogP) is 0.932. The minimum atomic E-state index is -0.842. The number of carbonyl (C=O) groups is 2. The van der Waals surface area contributed by atoms with Crippen LogP contribution in [0.5, 0.6) is 0 Å². The highest BCUT2D eigenvalue weighted by molar-refractivity contribution is 5.83. The Morgan fingerprint density at radius 2 is 2.27 bits per heavy atom. The summed E-state index contributed by atoms with van der Waals surface area (Å²) in [5, 5.41) is 8.61. The van der Waals surface area contributed by atoms with Gasteiger partial charge in [-0.3, -0.25) is 4.79 Å². The third-order valence-electron chi connectivity index (χ3n) is 2.64. The standard InChI is InChI=1S/C8H12O3/c1-5(2)8(4-9)3-6(8)7(10)11/h4-6H,3H2,1-2H3,(H,10,11). The second-order valence-corrected chi connectivity index (χ2v) is 3.48. The quantitative estimate of drug-likeness (QED) is 0.618. The Kier molecular flexibility index (Phi) is 1.74. The monoisotopic (exact) mass is 156 g/mol. The summed E-state index contributed by atoms with van der Waals surface area (Å²) >= 11 is 0. The highest BCUT2D eigenvalue weighted by Gasteiger charge is 2.60. The lowest BCUT2D eigenvalue weighted by Crippen LogP contribution is -2.18. The molecule has 1 fully saturated rings. The van der Waals surface area contributed by atoms with Gasteiger partial charge in [0.1, 0.15) is 6.29 Å². The van der Waals surface area contributed by atoms with E-state index in [0.717, 1.165) is 6.29 Å². The van der Waals surface area contributed by atoms with Gasteiger partial charge in [0.05, 0.1) is 5.92 Å². The molecule has 0 saturated heterocycles. The Hall–Kier alpha value is -0.860. The summed E-state index contributed by atoms with van der Waals surface area (Å²) in [6.45, 7) is 3.77. The normalized spacial score (nSPS) is 35.4. The zero-order valence-electron chi connectivity index (χ0n) is 6.70. The molecule has 0 amide bonds. The van der Waals surface area contributed by atoms with Gasteiger partial charge < -0.3 is 9.90 Å². The molecule has 0 radical (unpaired) electrons. The van der Waals surface area contributed by atoms with Gasteiger partial charge in [-0.15, -0.1) is 0 Å². The summed E-state index contributed by atoms with van der Waals surface area (Å²) in [5.41, 5.74) is -0.550. The third-order valence-corrected chi connectivity index (χ3v) is 2.64. The van der Waals surface area contributed by atoms with Crippen LogP contribution in [0.3, 0.4) is 0 Å². The van der Waals surface area contributed by atoms with Crippen LogP contribution in [-0.4, -0.2) is 17.4 Å². The first-order valence-corrected chi connectivity index (χ1v) is 3.73. The average molecular weight is 156 g/mol. The number of carbonyl (C=O) groups excluding carboxylic acids is 1. The van der Waals surface area contributed by atoms with Gasteiger partial charge in [0.25, 0.3) is 0 Å². The third kappa shape index (κ3) is 1.04. The Morgan fingerprint density at radius 3 is 2.36 bits per heavy atom. The molecule has 0 aromatic rings. The van der Waals surface area contributed by atoms with E-state index < -0.39 is 17.3 Å². The maximum absolute atomic E-state index is 10.6. The summed E-state index contributed by atoms with van der Waals surface area (Å²) in [7, 11) is 0. The fraction of sp³-hybridized carbons (Fsp3) is 0.750. The first-order chi connectivity index (χ1) is 5.04. The number of hydrogen-bond acceptors (Lipinski definition) is 2. The molecule has 0 aromatic heterocycles. The second kappa shape index (κ2) is 2.32. The van der Waals surface area contributed by atoms with Crippen LogP contribution in [0.1, 0.15) is 20.3 Å². The van der Waals surface area contributed by atoms with Gasteiger partial charge in [-0.2, -0.15) is 0 Å². The molecule has 0 spiro atoms. The number of rotatable bonds is 3. The molecule has 1 rings (SSSR count). The Bertz CT molecular complexity index is 198. The van der Waals surface area contributed by atoms with E-state index in [0.29, 0.717) is 6.42 Å². The summed E-state index contributed by atoms with van der Waals surface area (Å²) in [4.78, 5) is 21.1. The van der Waals surface area contributed by atoms with Crippen molar-refractivity contribution in [3.05, 3.63) is 0 Å². The van der Waals surface area contributed by atoms with E-state index >= 15 is 0 Å². The van der Waals surface area contributed by atoms with Crippen LogP contribution in [0.15, 0.2) is 0 Å². The van der Waals surface area contributed by atoms with E-state index in [1.54, 1.807) is 0 Å². The zero-order valence-corrected chi connectivity index (χ0v) is 6.70. The van der Waals surface area contributed by atoms with Crippen LogP contribution in [-0.2, 0) is 9.59 Å². The number of hydrogen-bond donors (Lipinski definition) is 1. The Morgan fingerprint density at radius 1 is 1.73 bits per heavy atom. The molecule has 2 unspecified atom stereocenters. The van der Waals surface area contributed by atoms with Gasteiger partial charge in [0.2, 0.25) is 0 Å². The summed E-state index contributed by atoms with van der Waals surface area (Å²) in [6.07, 6.45) is 1.32. The van der Waals surface area contributed by atoms with Crippen molar-refractivity contribution in [1.29, 1.82) is 0 Å². The van der Waals surface area contributed by atoms with Crippen molar-refractivity contribution in [1.82, 2.24) is 0 Å². The van der Waals surface area contributed by atoms with Crippen LogP contribution in [0, 0.1) is 17.3 Å². The second-order valence-electron chi connectivity index (χ2n) is 3.48. The predicted molar refractivity (Wildman–Crippen MR) is 39.1 cm³/mol. The molecule has 0 aromatic carbocycles. The first-order valence-electron chi connectivity index (χ1n) is 3.73. The van der Waals surface area contributed by atoms with E-state index in [2.05, 4.69) is 0 Å². The van der Waals surface area contributed by atoms with E-state index in [-0.39, 0.29) is 5.92 Å². The molecule has 3 heteroatoms. The first kappa shape index (κ1) is 8.24. The van der Waals surface area contributed by atoms with Crippen LogP contribution in [0.25, 0.3) is 0 Å². The molecule has 62 valence electrons. The highest BCUT2D eigenvalue weighted by Crippen LogP contribution is 2.56. The molecule has 0 aliphatic heterocycles. The van der Waals surface area contributed by atoms with Crippen molar-refractivity contribution >= 4 is 12.3 Å². The minimum Gasteiger partial charge on any atom is -0.481 e. The zero-order chi connectivity index (χ0) is 8.65. The maximum atomic E-state index is 10.6. The van der Waals surface area contributed by atoms with Crippen LogP contribution in [0.2, 0.25) is 0 Å². The Balaban J connectivity index is 2.71. The largest absolute Gasteiger partial charge is 0.481 e. The lowest BCUT2D eigenvalue weighted by atomic mass is 9.91. The molecule has 1 aliphatic rings. The molecule has 1 aliphatic carbocycles. The highest BCUT2D eigenvalue weighted by atomic mass is 16.4. The number of aliphatic carboxylic acids is 1. The Labute approximate surface area is 65.4 Å². The lowest BCUT2D eigenvalue weighted by Gasteiger charge is -2.11. The molecule has 1 saturated carbocycles. The molecule has 2 atom stereocenters. The minimum absolute atomic E-state index is 0.140. The van der Waals surface area contributed by atoms with Crippen molar-refractivity contribution in [2.75, 3.05) is 0 Å². The van der Waals surface area contributed by atoms with E-state index in [1.807, 2.05) is 13.8 Å². The number of aldehydes is 1. The number of carboxylic acid groups (broad SMARTS) is 1. The molecular weight excluding hydrogens is 144 g/mol. The molecular formula is C8H12O3. The average Bonchev–Trinajstić information content (AvgIpc) is 2.62. The molecule has 3 nitrogen and oxygen atoms in total. The van der Waals surface area contributed by atoms with E-state index in [4.69, 9.17) is 5.11 Å². The van der Waals surface area contributed by atoms with Crippen molar-refractivity contribution in [2.45, 2.75) is 20.3 Å².